The monoisotopic (exact) mass is 559 g/mol. The Bertz CT molecular complexity index is 1820. The van der Waals surface area contributed by atoms with E-state index in [0.717, 1.165) is 24.7 Å². The fourth-order valence-corrected chi connectivity index (χ4v) is 7.19. The van der Waals surface area contributed by atoms with Crippen LogP contribution in [-0.2, 0) is 9.84 Å². The van der Waals surface area contributed by atoms with E-state index in [-0.39, 0.29) is 40.4 Å². The van der Waals surface area contributed by atoms with Gasteiger partial charge in [-0.25, -0.2) is 23.1 Å². The van der Waals surface area contributed by atoms with E-state index in [4.69, 9.17) is 10.7 Å². The van der Waals surface area contributed by atoms with Crippen LogP contribution in [0.4, 0.5) is 5.82 Å². The molecule has 0 radical (unpaired) electrons. The number of anilines is 1. The van der Waals surface area contributed by atoms with E-state index in [1.54, 1.807) is 29.5 Å². The van der Waals surface area contributed by atoms with Crippen molar-refractivity contribution in [2.45, 2.75) is 48.6 Å². The van der Waals surface area contributed by atoms with Crippen LogP contribution in [0, 0.1) is 0 Å². The molecule has 204 valence electrons. The molecule has 2 aliphatic rings. The highest BCUT2D eigenvalue weighted by atomic mass is 32.2. The van der Waals surface area contributed by atoms with Crippen molar-refractivity contribution < 1.29 is 13.2 Å². The SMILES string of the molecule is CS(=O)(=O)c1c([C@@H]2C[C@H]3CC[C@@H](C2)N3C(=O)c2nnc[nH]2)nc2c(-c3ccc(-n4cccn4)nc3)cnn2c1N. The van der Waals surface area contributed by atoms with Gasteiger partial charge in [-0.2, -0.15) is 14.7 Å². The molecule has 14 nitrogen and oxygen atoms in total. The largest absolute Gasteiger partial charge is 0.382 e. The number of pyridine rings is 1. The number of hydrogen-bond donors (Lipinski definition) is 2. The minimum atomic E-state index is -3.75. The van der Waals surface area contributed by atoms with Crippen LogP contribution in [0.3, 0.4) is 0 Å². The number of aromatic amines is 1. The smallest absolute Gasteiger partial charge is 0.292 e. The summed E-state index contributed by atoms with van der Waals surface area (Å²) < 4.78 is 29.1. The Morgan fingerprint density at radius 3 is 2.55 bits per heavy atom. The first kappa shape index (κ1) is 24.4. The maximum absolute atomic E-state index is 13.1. The fourth-order valence-electron chi connectivity index (χ4n) is 6.13. The van der Waals surface area contributed by atoms with Crippen molar-refractivity contribution in [2.75, 3.05) is 12.0 Å². The van der Waals surface area contributed by atoms with Crippen molar-refractivity contribution in [3.05, 3.63) is 60.8 Å². The number of rotatable bonds is 5. The molecule has 7 rings (SSSR count). The molecule has 0 aliphatic carbocycles. The molecule has 0 unspecified atom stereocenters. The normalized spacial score (nSPS) is 20.8. The second kappa shape index (κ2) is 8.94. The van der Waals surface area contributed by atoms with Gasteiger partial charge in [-0.1, -0.05) is 0 Å². The summed E-state index contributed by atoms with van der Waals surface area (Å²) in [6.07, 6.45) is 12.1. The lowest BCUT2D eigenvalue weighted by Gasteiger charge is -2.38. The highest BCUT2D eigenvalue weighted by Gasteiger charge is 2.46. The van der Waals surface area contributed by atoms with Gasteiger partial charge in [0.15, 0.2) is 21.3 Å². The fraction of sp³-hybridized carbons (Fsp3) is 0.320. The van der Waals surface area contributed by atoms with Crippen molar-refractivity contribution >= 4 is 27.2 Å². The van der Waals surface area contributed by atoms with E-state index in [1.807, 2.05) is 23.1 Å². The molecule has 0 saturated carbocycles. The van der Waals surface area contributed by atoms with Crippen LogP contribution >= 0.6 is 0 Å². The number of amides is 1. The van der Waals surface area contributed by atoms with Gasteiger partial charge >= 0.3 is 0 Å². The lowest BCUT2D eigenvalue weighted by molar-refractivity contribution is 0.0556. The van der Waals surface area contributed by atoms with E-state index in [2.05, 4.69) is 30.4 Å². The average molecular weight is 560 g/mol. The number of nitrogen functional groups attached to an aromatic ring is 1. The summed E-state index contributed by atoms with van der Waals surface area (Å²) in [5.41, 5.74) is 8.78. The number of H-pyrrole nitrogens is 1. The maximum atomic E-state index is 13.1. The number of nitrogens with two attached hydrogens (primary N) is 1. The van der Waals surface area contributed by atoms with Gasteiger partial charge in [0.1, 0.15) is 17.0 Å². The number of carbonyl (C=O) groups is 1. The zero-order valence-electron chi connectivity index (χ0n) is 21.4. The van der Waals surface area contributed by atoms with Crippen molar-refractivity contribution in [1.29, 1.82) is 0 Å². The summed E-state index contributed by atoms with van der Waals surface area (Å²) in [5.74, 6) is 0.463. The lowest BCUT2D eigenvalue weighted by atomic mass is 9.87. The quantitative estimate of drug-likeness (QED) is 0.321. The van der Waals surface area contributed by atoms with Gasteiger partial charge in [0.05, 0.1) is 11.9 Å². The summed E-state index contributed by atoms with van der Waals surface area (Å²) in [4.78, 5) is 27.2. The van der Waals surface area contributed by atoms with Gasteiger partial charge in [0, 0.05) is 54.0 Å². The van der Waals surface area contributed by atoms with Crippen molar-refractivity contribution in [3.63, 3.8) is 0 Å². The molecule has 5 aromatic heterocycles. The molecular formula is C25H25N11O3S. The Hall–Kier alpha value is -4.66. The molecule has 2 saturated heterocycles. The molecule has 2 fully saturated rings. The van der Waals surface area contributed by atoms with Crippen LogP contribution in [0.15, 0.2) is 54.2 Å². The van der Waals surface area contributed by atoms with Gasteiger partial charge in [0.2, 0.25) is 5.82 Å². The third kappa shape index (κ3) is 3.84. The number of sulfone groups is 1. The van der Waals surface area contributed by atoms with E-state index in [0.29, 0.717) is 35.6 Å². The first-order chi connectivity index (χ1) is 19.3. The van der Waals surface area contributed by atoms with Crippen LogP contribution in [-0.4, -0.2) is 82.1 Å². The van der Waals surface area contributed by atoms with Crippen LogP contribution in [0.1, 0.15) is 47.9 Å². The standard InChI is InChI=1S/C25H25N11O3S/c1-40(38,39)21-20(15-9-16-4-5-17(10-15)35(16)25(37)23-28-13-29-33-23)32-24-18(12-31-36(24)22(21)26)14-3-6-19(27-11-14)34-8-2-7-30-34/h2-3,6-8,11-13,15-17H,4-5,9-10,26H2,1H3,(H,28,29,33)/t15-,16-,17+. The van der Waals surface area contributed by atoms with Crippen LogP contribution in [0.2, 0.25) is 0 Å². The molecule has 3 atom stereocenters. The Morgan fingerprint density at radius 1 is 1.12 bits per heavy atom. The molecule has 15 heteroatoms. The van der Waals surface area contributed by atoms with Crippen LogP contribution in [0.25, 0.3) is 22.6 Å². The van der Waals surface area contributed by atoms with Crippen molar-refractivity contribution in [2.24, 2.45) is 0 Å². The van der Waals surface area contributed by atoms with E-state index >= 15 is 0 Å². The lowest BCUT2D eigenvalue weighted by Crippen LogP contribution is -2.46. The Kier molecular flexibility index (Phi) is 5.45. The molecule has 5 aromatic rings. The summed E-state index contributed by atoms with van der Waals surface area (Å²) in [5, 5.41) is 16.2. The highest BCUT2D eigenvalue weighted by molar-refractivity contribution is 7.91. The number of hydrogen-bond acceptors (Lipinski definition) is 10. The average Bonchev–Trinajstić information content (AvgIpc) is 3.74. The first-order valence-electron chi connectivity index (χ1n) is 12.8. The van der Waals surface area contributed by atoms with Gasteiger partial charge in [-0.3, -0.25) is 4.79 Å². The van der Waals surface area contributed by atoms with Gasteiger partial charge in [-0.05, 0) is 43.9 Å². The van der Waals surface area contributed by atoms with Gasteiger partial charge in [-0.15, -0.1) is 10.2 Å². The van der Waals surface area contributed by atoms with Crippen molar-refractivity contribution in [3.8, 4) is 16.9 Å². The first-order valence-corrected chi connectivity index (χ1v) is 14.7. The maximum Gasteiger partial charge on any atom is 0.292 e. The van der Waals surface area contributed by atoms with E-state index < -0.39 is 9.84 Å². The van der Waals surface area contributed by atoms with Crippen molar-refractivity contribution in [1.82, 2.24) is 49.4 Å². The second-order valence-corrected chi connectivity index (χ2v) is 12.2. The van der Waals surface area contributed by atoms with Gasteiger partial charge < -0.3 is 15.6 Å². The number of nitrogens with zero attached hydrogens (tertiary/aromatic N) is 9. The molecule has 2 aliphatic heterocycles. The third-order valence-corrected chi connectivity index (χ3v) is 8.97. The molecule has 7 heterocycles. The summed E-state index contributed by atoms with van der Waals surface area (Å²) in [6, 6.07) is 5.39. The Labute approximate surface area is 228 Å². The Morgan fingerprint density at radius 2 is 1.93 bits per heavy atom. The minimum absolute atomic E-state index is 0.0128. The van der Waals surface area contributed by atoms with Crippen LogP contribution < -0.4 is 5.73 Å². The number of carbonyl (C=O) groups excluding carboxylic acids is 1. The number of piperidine rings is 1. The summed E-state index contributed by atoms with van der Waals surface area (Å²) in [6.45, 7) is 0. The molecule has 0 spiro atoms. The molecule has 40 heavy (non-hydrogen) atoms. The zero-order valence-corrected chi connectivity index (χ0v) is 22.2. The van der Waals surface area contributed by atoms with E-state index in [1.165, 1.54) is 10.8 Å². The molecule has 1 amide bonds. The molecule has 2 bridgehead atoms. The summed E-state index contributed by atoms with van der Waals surface area (Å²) >= 11 is 0. The molecule has 3 N–H and O–H groups in total. The zero-order chi connectivity index (χ0) is 27.6. The highest BCUT2D eigenvalue weighted by Crippen LogP contribution is 2.45. The third-order valence-electron chi connectivity index (χ3n) is 7.81. The Balaban J connectivity index is 1.29. The van der Waals surface area contributed by atoms with E-state index in [9.17, 15) is 13.2 Å². The predicted molar refractivity (Wildman–Crippen MR) is 142 cm³/mol. The number of aromatic nitrogens is 9. The summed E-state index contributed by atoms with van der Waals surface area (Å²) in [7, 11) is -3.75. The van der Waals surface area contributed by atoms with Crippen LogP contribution in [0.5, 0.6) is 0 Å². The molecular weight excluding hydrogens is 534 g/mol. The minimum Gasteiger partial charge on any atom is -0.382 e. The second-order valence-electron chi connectivity index (χ2n) is 10.2. The number of fused-ring (bicyclic) bond motifs is 3. The predicted octanol–water partition coefficient (Wildman–Crippen LogP) is 1.63. The topological polar surface area (TPSA) is 183 Å². The molecule has 0 aromatic carbocycles. The number of nitrogens with one attached hydrogen (secondary N) is 1. The van der Waals surface area contributed by atoms with Gasteiger partial charge in [0.25, 0.3) is 5.91 Å².